The van der Waals surface area contributed by atoms with Crippen LogP contribution in [0, 0.1) is 17.8 Å². The fourth-order valence-electron chi connectivity index (χ4n) is 5.40. The highest BCUT2D eigenvalue weighted by Gasteiger charge is 2.55. The number of anilines is 1. The summed E-state index contributed by atoms with van der Waals surface area (Å²) < 4.78 is 32.1. The molecule has 4 aliphatic rings. The molecule has 0 bridgehead atoms. The van der Waals surface area contributed by atoms with Crippen molar-refractivity contribution in [2.75, 3.05) is 18.8 Å². The van der Waals surface area contributed by atoms with Crippen molar-refractivity contribution in [1.82, 2.24) is 19.7 Å². The van der Waals surface area contributed by atoms with Gasteiger partial charge in [0.1, 0.15) is 0 Å². The van der Waals surface area contributed by atoms with Gasteiger partial charge in [0.05, 0.1) is 5.69 Å². The fourth-order valence-corrected chi connectivity index (χ4v) is 5.40. The first kappa shape index (κ1) is 19.1. The van der Waals surface area contributed by atoms with Crippen LogP contribution >= 0.6 is 0 Å². The Kier molecular flexibility index (Phi) is 4.43. The Balaban J connectivity index is 1.28. The van der Waals surface area contributed by atoms with Crippen LogP contribution in [0.1, 0.15) is 43.7 Å². The number of halogens is 2. The maximum absolute atomic E-state index is 12.7. The van der Waals surface area contributed by atoms with Gasteiger partial charge in [-0.3, -0.25) is 4.68 Å². The lowest BCUT2D eigenvalue weighted by Crippen LogP contribution is -2.18. The summed E-state index contributed by atoms with van der Waals surface area (Å²) in [5.74, 6) is 2.32. The van der Waals surface area contributed by atoms with Crippen molar-refractivity contribution in [3.05, 3.63) is 35.8 Å². The second-order valence-electron chi connectivity index (χ2n) is 9.39. The average molecular weight is 427 g/mol. The topological polar surface area (TPSA) is 69.2 Å². The van der Waals surface area contributed by atoms with E-state index in [9.17, 15) is 8.78 Å². The Labute approximate surface area is 180 Å². The smallest absolute Gasteiger partial charge is 0.387 e. The number of alkyl halides is 2. The van der Waals surface area contributed by atoms with Crippen LogP contribution in [0.5, 0.6) is 5.75 Å². The van der Waals surface area contributed by atoms with Crippen molar-refractivity contribution >= 4 is 5.82 Å². The van der Waals surface area contributed by atoms with E-state index in [2.05, 4.69) is 31.4 Å². The number of nitrogens with two attached hydrogens (primary N) is 1. The minimum atomic E-state index is -2.94. The molecule has 3 atom stereocenters. The van der Waals surface area contributed by atoms with Gasteiger partial charge < -0.3 is 15.4 Å². The largest absolute Gasteiger partial charge is 0.431 e. The summed E-state index contributed by atoms with van der Waals surface area (Å²) >= 11 is 0. The van der Waals surface area contributed by atoms with E-state index in [1.54, 1.807) is 6.20 Å². The summed E-state index contributed by atoms with van der Waals surface area (Å²) in [6.45, 7) is 0.390. The predicted molar refractivity (Wildman–Crippen MR) is 112 cm³/mol. The molecule has 2 aromatic heterocycles. The second-order valence-corrected chi connectivity index (χ2v) is 9.39. The molecule has 0 aromatic carbocycles. The fraction of sp³-hybridized carbons (Fsp3) is 0.565. The molecular formula is C23H27F2N5O. The number of fused-ring (bicyclic) bond motifs is 1. The molecule has 3 fully saturated rings. The van der Waals surface area contributed by atoms with Crippen molar-refractivity contribution in [1.29, 1.82) is 0 Å². The molecule has 0 unspecified atom stereocenters. The van der Waals surface area contributed by atoms with Crippen molar-refractivity contribution in [2.24, 2.45) is 17.8 Å². The molecular weight excluding hydrogens is 400 g/mol. The SMILES string of the molecule is Nc1ncc(-c2cc([C@@H]3[C@H]4C=C(N5CCCC5)C[C@H]43)n(CC3CC3)n2)cc1OC(F)F. The van der Waals surface area contributed by atoms with Gasteiger partial charge in [0, 0.05) is 48.7 Å². The molecule has 6 nitrogen and oxygen atoms in total. The summed E-state index contributed by atoms with van der Waals surface area (Å²) in [6.07, 6.45) is 10.4. The first-order valence-electron chi connectivity index (χ1n) is 11.3. The van der Waals surface area contributed by atoms with Gasteiger partial charge in [-0.15, -0.1) is 0 Å². The van der Waals surface area contributed by atoms with Gasteiger partial charge in [-0.1, -0.05) is 6.08 Å². The average Bonchev–Trinajstić information content (AvgIpc) is 3.42. The quantitative estimate of drug-likeness (QED) is 0.715. The predicted octanol–water partition coefficient (Wildman–Crippen LogP) is 4.25. The normalized spacial score (nSPS) is 27.0. The van der Waals surface area contributed by atoms with Crippen LogP contribution in [0.4, 0.5) is 14.6 Å². The zero-order valence-electron chi connectivity index (χ0n) is 17.4. The monoisotopic (exact) mass is 427 g/mol. The molecule has 1 aliphatic heterocycles. The molecule has 3 aliphatic carbocycles. The number of likely N-dealkylation sites (tertiary alicyclic amines) is 1. The van der Waals surface area contributed by atoms with Crippen LogP contribution < -0.4 is 10.5 Å². The Morgan fingerprint density at radius 2 is 2.00 bits per heavy atom. The molecule has 31 heavy (non-hydrogen) atoms. The lowest BCUT2D eigenvalue weighted by atomic mass is 10.1. The molecule has 3 heterocycles. The van der Waals surface area contributed by atoms with E-state index in [1.807, 2.05) is 0 Å². The molecule has 2 N–H and O–H groups in total. The summed E-state index contributed by atoms with van der Waals surface area (Å²) in [5.41, 5.74) is 9.90. The Morgan fingerprint density at radius 1 is 1.19 bits per heavy atom. The molecule has 0 radical (unpaired) electrons. The highest BCUT2D eigenvalue weighted by Crippen LogP contribution is 2.62. The van der Waals surface area contributed by atoms with Crippen LogP contribution in [0.25, 0.3) is 11.3 Å². The van der Waals surface area contributed by atoms with E-state index in [-0.39, 0.29) is 11.6 Å². The van der Waals surface area contributed by atoms with Crippen LogP contribution in [-0.2, 0) is 6.54 Å². The second kappa shape index (κ2) is 7.21. The van der Waals surface area contributed by atoms with Crippen LogP contribution in [-0.4, -0.2) is 39.4 Å². The lowest BCUT2D eigenvalue weighted by molar-refractivity contribution is -0.0494. The Hall–Kier alpha value is -2.64. The molecule has 6 rings (SSSR count). The number of ether oxygens (including phenoxy) is 1. The molecule has 2 saturated carbocycles. The van der Waals surface area contributed by atoms with Gasteiger partial charge in [0.2, 0.25) is 0 Å². The summed E-state index contributed by atoms with van der Waals surface area (Å²) in [7, 11) is 0. The molecule has 1 saturated heterocycles. The third kappa shape index (κ3) is 3.55. The van der Waals surface area contributed by atoms with Crippen molar-refractivity contribution in [3.8, 4) is 17.0 Å². The maximum atomic E-state index is 12.7. The number of allylic oxidation sites excluding steroid dienone is 2. The lowest BCUT2D eigenvalue weighted by Gasteiger charge is -2.20. The molecule has 8 heteroatoms. The highest BCUT2D eigenvalue weighted by molar-refractivity contribution is 5.64. The zero-order valence-corrected chi connectivity index (χ0v) is 17.4. The first-order chi connectivity index (χ1) is 15.1. The number of pyridine rings is 1. The molecule has 0 amide bonds. The zero-order chi connectivity index (χ0) is 21.1. The van der Waals surface area contributed by atoms with Crippen molar-refractivity contribution in [3.63, 3.8) is 0 Å². The van der Waals surface area contributed by atoms with Gasteiger partial charge in [-0.25, -0.2) is 4.98 Å². The maximum Gasteiger partial charge on any atom is 0.387 e. The van der Waals surface area contributed by atoms with Crippen LogP contribution in [0.2, 0.25) is 0 Å². The molecule has 2 aromatic rings. The number of nitrogens with zero attached hydrogens (tertiary/aromatic N) is 4. The number of hydrogen-bond acceptors (Lipinski definition) is 5. The van der Waals surface area contributed by atoms with E-state index in [0.29, 0.717) is 29.2 Å². The third-order valence-electron chi connectivity index (χ3n) is 7.25. The van der Waals surface area contributed by atoms with E-state index in [0.717, 1.165) is 18.7 Å². The standard InChI is InChI=1S/C23H27F2N5O/c24-23(25)31-20-7-14(11-27-22(20)26)18-10-19(30(28-18)12-13-3-4-13)21-16-8-15(9-17(16)21)29-5-1-2-6-29/h7-8,10-11,13,16-17,21,23H,1-6,9,12H2,(H2,26,27)/t16-,17+,21+/m0/s1. The van der Waals surface area contributed by atoms with Gasteiger partial charge in [-0.05, 0) is 62.0 Å². The summed E-state index contributed by atoms with van der Waals surface area (Å²) in [6, 6.07) is 3.63. The first-order valence-corrected chi connectivity index (χ1v) is 11.3. The summed E-state index contributed by atoms with van der Waals surface area (Å²) in [5, 5.41) is 4.86. The molecule has 164 valence electrons. The number of hydrogen-bond donors (Lipinski definition) is 1. The number of aromatic nitrogens is 3. The van der Waals surface area contributed by atoms with E-state index < -0.39 is 6.61 Å². The molecule has 0 spiro atoms. The summed E-state index contributed by atoms with van der Waals surface area (Å²) in [4.78, 5) is 6.60. The number of nitrogen functional groups attached to an aromatic ring is 1. The van der Waals surface area contributed by atoms with Gasteiger partial charge in [0.15, 0.2) is 11.6 Å². The minimum absolute atomic E-state index is 0.0435. The Bertz CT molecular complexity index is 1020. The van der Waals surface area contributed by atoms with E-state index in [1.165, 1.54) is 56.2 Å². The third-order valence-corrected chi connectivity index (χ3v) is 7.25. The van der Waals surface area contributed by atoms with Crippen molar-refractivity contribution < 1.29 is 13.5 Å². The van der Waals surface area contributed by atoms with Gasteiger partial charge in [0.25, 0.3) is 0 Å². The van der Waals surface area contributed by atoms with Crippen LogP contribution in [0.15, 0.2) is 30.1 Å². The van der Waals surface area contributed by atoms with Gasteiger partial charge >= 0.3 is 6.61 Å². The van der Waals surface area contributed by atoms with Gasteiger partial charge in [-0.2, -0.15) is 13.9 Å². The van der Waals surface area contributed by atoms with Crippen molar-refractivity contribution in [2.45, 2.75) is 51.2 Å². The van der Waals surface area contributed by atoms with E-state index in [4.69, 9.17) is 10.8 Å². The number of rotatable bonds is 7. The highest BCUT2D eigenvalue weighted by atomic mass is 19.3. The Morgan fingerprint density at radius 3 is 2.68 bits per heavy atom. The van der Waals surface area contributed by atoms with E-state index >= 15 is 0 Å². The minimum Gasteiger partial charge on any atom is -0.431 e. The van der Waals surface area contributed by atoms with Crippen LogP contribution in [0.3, 0.4) is 0 Å².